The Morgan fingerprint density at radius 2 is 1.81 bits per heavy atom. The van der Waals surface area contributed by atoms with Crippen LogP contribution in [0.3, 0.4) is 0 Å². The average Bonchev–Trinajstić information content (AvgIpc) is 2.67. The molecule has 6 heteroatoms. The van der Waals surface area contributed by atoms with Crippen molar-refractivity contribution in [1.82, 2.24) is 4.98 Å². The highest BCUT2D eigenvalue weighted by atomic mass is 16.5. The first-order chi connectivity index (χ1) is 12.5. The molecule has 1 N–H and O–H groups in total. The summed E-state index contributed by atoms with van der Waals surface area (Å²) in [5.74, 6) is -0.596. The highest BCUT2D eigenvalue weighted by molar-refractivity contribution is 6.08. The van der Waals surface area contributed by atoms with Crippen LogP contribution in [0.4, 0.5) is 5.69 Å². The van der Waals surface area contributed by atoms with E-state index in [0.29, 0.717) is 11.6 Å². The van der Waals surface area contributed by atoms with Crippen molar-refractivity contribution < 1.29 is 19.1 Å². The Labute approximate surface area is 150 Å². The number of amides is 1. The maximum atomic E-state index is 12.7. The number of nitrogens with zero attached hydrogens (tertiary/aromatic N) is 1. The van der Waals surface area contributed by atoms with Crippen LogP contribution in [0, 0.1) is 6.92 Å². The number of carbonyl (C=O) groups is 2. The van der Waals surface area contributed by atoms with Crippen molar-refractivity contribution >= 4 is 28.3 Å². The molecule has 0 unspecified atom stereocenters. The molecule has 3 aromatic rings. The Hall–Kier alpha value is -3.41. The second-order valence-corrected chi connectivity index (χ2v) is 5.73. The number of aromatic nitrogens is 1. The zero-order valence-electron chi connectivity index (χ0n) is 14.7. The van der Waals surface area contributed by atoms with Crippen LogP contribution >= 0.6 is 0 Å². The second kappa shape index (κ2) is 7.23. The van der Waals surface area contributed by atoms with Crippen LogP contribution in [-0.2, 0) is 4.74 Å². The molecule has 0 atom stereocenters. The summed E-state index contributed by atoms with van der Waals surface area (Å²) >= 11 is 0. The van der Waals surface area contributed by atoms with Gasteiger partial charge in [0.2, 0.25) is 5.88 Å². The number of pyridine rings is 1. The fourth-order valence-electron chi connectivity index (χ4n) is 2.67. The zero-order valence-corrected chi connectivity index (χ0v) is 14.7. The Bertz CT molecular complexity index is 998. The van der Waals surface area contributed by atoms with Gasteiger partial charge in [-0.15, -0.1) is 0 Å². The number of carbonyl (C=O) groups excluding carboxylic acids is 2. The first-order valence-electron chi connectivity index (χ1n) is 7.97. The normalized spacial score (nSPS) is 10.4. The van der Waals surface area contributed by atoms with Gasteiger partial charge in [0.1, 0.15) is 5.69 Å². The Morgan fingerprint density at radius 1 is 1.04 bits per heavy atom. The minimum Gasteiger partial charge on any atom is -0.481 e. The quantitative estimate of drug-likeness (QED) is 0.728. The van der Waals surface area contributed by atoms with Crippen LogP contribution in [0.25, 0.3) is 10.8 Å². The number of benzene rings is 2. The molecule has 0 saturated heterocycles. The molecule has 0 aliphatic carbocycles. The molecule has 0 aliphatic rings. The van der Waals surface area contributed by atoms with Crippen LogP contribution < -0.4 is 10.1 Å². The van der Waals surface area contributed by atoms with Crippen LogP contribution in [0.15, 0.2) is 48.5 Å². The van der Waals surface area contributed by atoms with E-state index in [1.807, 2.05) is 31.2 Å². The first kappa shape index (κ1) is 17.4. The molecule has 0 saturated carbocycles. The molecule has 1 heterocycles. The number of nitrogens with one attached hydrogen (secondary N) is 1. The molecule has 0 fully saturated rings. The van der Waals surface area contributed by atoms with Gasteiger partial charge in [-0.1, -0.05) is 29.8 Å². The van der Waals surface area contributed by atoms with Crippen molar-refractivity contribution in [2.75, 3.05) is 19.5 Å². The molecule has 0 bridgehead atoms. The van der Waals surface area contributed by atoms with Gasteiger partial charge in [0, 0.05) is 5.39 Å². The van der Waals surface area contributed by atoms with E-state index >= 15 is 0 Å². The van der Waals surface area contributed by atoms with E-state index in [9.17, 15) is 9.59 Å². The van der Waals surface area contributed by atoms with Crippen LogP contribution in [-0.4, -0.2) is 31.1 Å². The van der Waals surface area contributed by atoms with Gasteiger partial charge in [0.15, 0.2) is 0 Å². The summed E-state index contributed by atoms with van der Waals surface area (Å²) in [6.07, 6.45) is 0. The molecule has 26 heavy (non-hydrogen) atoms. The molecule has 6 nitrogen and oxygen atoms in total. The Morgan fingerprint density at radius 3 is 2.54 bits per heavy atom. The molecule has 3 rings (SSSR count). The van der Waals surface area contributed by atoms with Crippen LogP contribution in [0.2, 0.25) is 0 Å². The van der Waals surface area contributed by atoms with E-state index in [2.05, 4.69) is 10.3 Å². The van der Waals surface area contributed by atoms with Gasteiger partial charge in [0.25, 0.3) is 5.91 Å². The summed E-state index contributed by atoms with van der Waals surface area (Å²) in [6.45, 7) is 1.85. The molecule has 1 aromatic heterocycles. The number of hydrogen-bond acceptors (Lipinski definition) is 5. The van der Waals surface area contributed by atoms with Crippen molar-refractivity contribution in [2.45, 2.75) is 6.92 Å². The van der Waals surface area contributed by atoms with E-state index in [0.717, 1.165) is 16.3 Å². The first-order valence-corrected chi connectivity index (χ1v) is 7.97. The number of fused-ring (bicyclic) bond motifs is 1. The number of ether oxygens (including phenoxy) is 2. The molecule has 1 amide bonds. The monoisotopic (exact) mass is 350 g/mol. The number of esters is 1. The third kappa shape index (κ3) is 3.35. The number of anilines is 1. The van der Waals surface area contributed by atoms with Crippen molar-refractivity contribution in [3.63, 3.8) is 0 Å². The molecule has 0 aliphatic heterocycles. The van der Waals surface area contributed by atoms with E-state index < -0.39 is 11.9 Å². The lowest BCUT2D eigenvalue weighted by molar-refractivity contribution is 0.0602. The van der Waals surface area contributed by atoms with Crippen molar-refractivity contribution in [1.29, 1.82) is 0 Å². The summed E-state index contributed by atoms with van der Waals surface area (Å²) in [6, 6.07) is 14.3. The smallest absolute Gasteiger partial charge is 0.339 e. The summed E-state index contributed by atoms with van der Waals surface area (Å²) in [4.78, 5) is 28.9. The van der Waals surface area contributed by atoms with E-state index in [1.54, 1.807) is 24.3 Å². The van der Waals surface area contributed by atoms with Gasteiger partial charge < -0.3 is 14.8 Å². The summed E-state index contributed by atoms with van der Waals surface area (Å²) < 4.78 is 10.1. The number of rotatable bonds is 4. The van der Waals surface area contributed by atoms with Gasteiger partial charge in [-0.25, -0.2) is 9.78 Å². The Kier molecular flexibility index (Phi) is 4.84. The third-order valence-electron chi connectivity index (χ3n) is 3.96. The molecule has 0 spiro atoms. The summed E-state index contributed by atoms with van der Waals surface area (Å²) in [5, 5.41) is 4.38. The molecule has 132 valence electrons. The summed E-state index contributed by atoms with van der Waals surface area (Å²) in [7, 11) is 2.80. The Balaban J connectivity index is 1.99. The number of hydrogen-bond donors (Lipinski definition) is 1. The molecular formula is C20H18N2O4. The minimum atomic E-state index is -0.520. The van der Waals surface area contributed by atoms with Crippen LogP contribution in [0.1, 0.15) is 26.4 Å². The topological polar surface area (TPSA) is 77.5 Å². The van der Waals surface area contributed by atoms with Gasteiger partial charge >= 0.3 is 5.97 Å². The maximum Gasteiger partial charge on any atom is 0.339 e. The van der Waals surface area contributed by atoms with Gasteiger partial charge in [-0.2, -0.15) is 0 Å². The van der Waals surface area contributed by atoms with Gasteiger partial charge in [0.05, 0.1) is 25.5 Å². The van der Waals surface area contributed by atoms with E-state index in [-0.39, 0.29) is 11.3 Å². The largest absolute Gasteiger partial charge is 0.481 e. The minimum absolute atomic E-state index is 0.192. The lowest BCUT2D eigenvalue weighted by atomic mass is 10.1. The van der Waals surface area contributed by atoms with Crippen molar-refractivity contribution in [3.05, 3.63) is 65.4 Å². The summed E-state index contributed by atoms with van der Waals surface area (Å²) in [5.41, 5.74) is 1.72. The highest BCUT2D eigenvalue weighted by Gasteiger charge is 2.17. The SMILES string of the molecule is COC(=O)c1cc(C)ccc1NC(=O)c1cc2ccccc2c(OC)n1. The van der Waals surface area contributed by atoms with Gasteiger partial charge in [-0.3, -0.25) is 4.79 Å². The fourth-order valence-corrected chi connectivity index (χ4v) is 2.67. The van der Waals surface area contributed by atoms with E-state index in [1.165, 1.54) is 14.2 Å². The highest BCUT2D eigenvalue weighted by Crippen LogP contribution is 2.25. The molecular weight excluding hydrogens is 332 g/mol. The van der Waals surface area contributed by atoms with Gasteiger partial charge in [-0.05, 0) is 36.6 Å². The number of aryl methyl sites for hydroxylation is 1. The lowest BCUT2D eigenvalue weighted by Gasteiger charge is -2.12. The fraction of sp³-hybridized carbons (Fsp3) is 0.150. The van der Waals surface area contributed by atoms with E-state index in [4.69, 9.17) is 9.47 Å². The predicted octanol–water partition coefficient (Wildman–Crippen LogP) is 3.59. The number of methoxy groups -OCH3 is 2. The second-order valence-electron chi connectivity index (χ2n) is 5.73. The third-order valence-corrected chi connectivity index (χ3v) is 3.96. The predicted molar refractivity (Wildman–Crippen MR) is 98.8 cm³/mol. The van der Waals surface area contributed by atoms with Crippen molar-refractivity contribution in [3.8, 4) is 5.88 Å². The molecule has 0 radical (unpaired) electrons. The zero-order chi connectivity index (χ0) is 18.7. The maximum absolute atomic E-state index is 12.7. The van der Waals surface area contributed by atoms with Crippen molar-refractivity contribution in [2.24, 2.45) is 0 Å². The molecule has 2 aromatic carbocycles. The average molecular weight is 350 g/mol. The standard InChI is InChI=1S/C20H18N2O4/c1-12-8-9-16(15(10-12)20(24)26-3)21-18(23)17-11-13-6-4-5-7-14(13)19(22-17)25-2/h4-11H,1-3H3,(H,21,23). The van der Waals surface area contributed by atoms with Crippen LogP contribution in [0.5, 0.6) is 5.88 Å². The lowest BCUT2D eigenvalue weighted by Crippen LogP contribution is -2.17.